The minimum atomic E-state index is -0.663. The smallest absolute Gasteiger partial charge is 0.240 e. The van der Waals surface area contributed by atoms with Gasteiger partial charge in [0.25, 0.3) is 0 Å². The molecule has 20 heavy (non-hydrogen) atoms. The molecule has 2 aliphatic rings. The first-order valence-electron chi connectivity index (χ1n) is 7.11. The predicted octanol–water partition coefficient (Wildman–Crippen LogP) is 3.26. The van der Waals surface area contributed by atoms with Crippen molar-refractivity contribution in [2.24, 2.45) is 5.73 Å². The highest BCUT2D eigenvalue weighted by Gasteiger charge is 2.38. The van der Waals surface area contributed by atoms with Gasteiger partial charge in [0.2, 0.25) is 5.91 Å². The third-order valence-electron chi connectivity index (χ3n) is 4.26. The van der Waals surface area contributed by atoms with Crippen LogP contribution in [0.2, 0.25) is 5.02 Å². The largest absolute Gasteiger partial charge is 0.348 e. The molecule has 0 spiro atoms. The van der Waals surface area contributed by atoms with E-state index in [1.54, 1.807) is 0 Å². The van der Waals surface area contributed by atoms with E-state index in [4.69, 9.17) is 17.3 Å². The molecule has 0 saturated heterocycles. The molecule has 1 aromatic carbocycles. The van der Waals surface area contributed by atoms with E-state index >= 15 is 0 Å². The Hall–Kier alpha value is -0.710. The summed E-state index contributed by atoms with van der Waals surface area (Å²) in [6.07, 6.45) is 4.62. The van der Waals surface area contributed by atoms with Crippen molar-refractivity contribution in [3.63, 3.8) is 0 Å². The number of halogens is 1. The highest BCUT2D eigenvalue weighted by Crippen LogP contribution is 2.38. The van der Waals surface area contributed by atoms with Gasteiger partial charge in [0.05, 0.1) is 11.6 Å². The summed E-state index contributed by atoms with van der Waals surface area (Å²) in [5, 5.41) is 3.87. The maximum atomic E-state index is 12.5. The quantitative estimate of drug-likeness (QED) is 0.881. The molecule has 0 bridgehead atoms. The topological polar surface area (TPSA) is 55.1 Å². The molecule has 0 aromatic heterocycles. The Morgan fingerprint density at radius 2 is 2.15 bits per heavy atom. The molecular formula is C15H19ClN2OS. The van der Waals surface area contributed by atoms with Gasteiger partial charge >= 0.3 is 0 Å². The molecule has 3 nitrogen and oxygen atoms in total. The van der Waals surface area contributed by atoms with Crippen LogP contribution < -0.4 is 11.1 Å². The number of benzene rings is 1. The van der Waals surface area contributed by atoms with E-state index in [1.807, 2.05) is 30.0 Å². The molecule has 1 unspecified atom stereocenters. The first kappa shape index (κ1) is 14.2. The van der Waals surface area contributed by atoms with E-state index in [0.717, 1.165) is 43.4 Å². The Bertz CT molecular complexity index is 529. The molecule has 1 aliphatic heterocycles. The van der Waals surface area contributed by atoms with E-state index in [2.05, 4.69) is 5.32 Å². The fourth-order valence-electron chi connectivity index (χ4n) is 3.05. The zero-order valence-electron chi connectivity index (χ0n) is 11.3. The van der Waals surface area contributed by atoms with Gasteiger partial charge in [-0.3, -0.25) is 4.79 Å². The van der Waals surface area contributed by atoms with Crippen molar-refractivity contribution in [2.75, 3.05) is 5.75 Å². The SMILES string of the molecule is NC1(C(=O)NC2CCSc3ccc(Cl)cc32)CCCC1. The second-order valence-corrected chi connectivity index (χ2v) is 7.28. The summed E-state index contributed by atoms with van der Waals surface area (Å²) < 4.78 is 0. The van der Waals surface area contributed by atoms with E-state index in [0.29, 0.717) is 5.02 Å². The van der Waals surface area contributed by atoms with Crippen molar-refractivity contribution in [3.8, 4) is 0 Å². The Labute approximate surface area is 128 Å². The summed E-state index contributed by atoms with van der Waals surface area (Å²) in [5.41, 5.74) is 6.69. The zero-order chi connectivity index (χ0) is 14.2. The standard InChI is InChI=1S/C15H19ClN2OS/c16-10-3-4-13-11(9-10)12(5-8-20-13)18-14(19)15(17)6-1-2-7-15/h3-4,9,12H,1-2,5-8,17H2,(H,18,19). The molecule has 1 atom stereocenters. The van der Waals surface area contributed by atoms with E-state index < -0.39 is 5.54 Å². The van der Waals surface area contributed by atoms with Gasteiger partial charge < -0.3 is 11.1 Å². The van der Waals surface area contributed by atoms with Crippen molar-refractivity contribution in [2.45, 2.75) is 48.6 Å². The van der Waals surface area contributed by atoms with Crippen LogP contribution in [0.15, 0.2) is 23.1 Å². The molecule has 1 fully saturated rings. The summed E-state index contributed by atoms with van der Waals surface area (Å²) in [6, 6.07) is 5.94. The van der Waals surface area contributed by atoms with Crippen LogP contribution in [0, 0.1) is 0 Å². The van der Waals surface area contributed by atoms with Crippen molar-refractivity contribution in [1.82, 2.24) is 5.32 Å². The average molecular weight is 311 g/mol. The van der Waals surface area contributed by atoms with Gasteiger partial charge in [0, 0.05) is 15.7 Å². The number of fused-ring (bicyclic) bond motifs is 1. The van der Waals surface area contributed by atoms with E-state index in [9.17, 15) is 4.79 Å². The van der Waals surface area contributed by atoms with Gasteiger partial charge in [0.1, 0.15) is 0 Å². The van der Waals surface area contributed by atoms with Crippen molar-refractivity contribution in [3.05, 3.63) is 28.8 Å². The number of nitrogens with two attached hydrogens (primary N) is 1. The number of carbonyl (C=O) groups excluding carboxylic acids is 1. The molecule has 3 rings (SSSR count). The van der Waals surface area contributed by atoms with Gasteiger partial charge in [0.15, 0.2) is 0 Å². The third kappa shape index (κ3) is 2.69. The molecule has 0 radical (unpaired) electrons. The summed E-state index contributed by atoms with van der Waals surface area (Å²) in [4.78, 5) is 13.7. The maximum Gasteiger partial charge on any atom is 0.240 e. The van der Waals surface area contributed by atoms with E-state index in [1.165, 1.54) is 4.90 Å². The molecule has 1 heterocycles. The van der Waals surface area contributed by atoms with Crippen LogP contribution in [0.5, 0.6) is 0 Å². The van der Waals surface area contributed by atoms with Gasteiger partial charge in [-0.15, -0.1) is 11.8 Å². The molecule has 1 aliphatic carbocycles. The highest BCUT2D eigenvalue weighted by atomic mass is 35.5. The summed E-state index contributed by atoms with van der Waals surface area (Å²) in [7, 11) is 0. The Balaban J connectivity index is 1.79. The van der Waals surface area contributed by atoms with Crippen LogP contribution in [0.3, 0.4) is 0 Å². The lowest BCUT2D eigenvalue weighted by atomic mass is 9.96. The predicted molar refractivity (Wildman–Crippen MR) is 83.1 cm³/mol. The summed E-state index contributed by atoms with van der Waals surface area (Å²) in [5.74, 6) is 1.01. The number of hydrogen-bond acceptors (Lipinski definition) is 3. The average Bonchev–Trinajstić information content (AvgIpc) is 2.88. The molecule has 1 amide bonds. The fraction of sp³-hybridized carbons (Fsp3) is 0.533. The summed E-state index contributed by atoms with van der Waals surface area (Å²) >= 11 is 7.90. The Kier molecular flexibility index (Phi) is 3.98. The molecule has 1 aromatic rings. The normalized spacial score (nSPS) is 24.2. The first-order chi connectivity index (χ1) is 9.58. The Morgan fingerprint density at radius 1 is 1.40 bits per heavy atom. The molecule has 5 heteroatoms. The highest BCUT2D eigenvalue weighted by molar-refractivity contribution is 7.99. The van der Waals surface area contributed by atoms with Gasteiger partial charge in [-0.2, -0.15) is 0 Å². The minimum Gasteiger partial charge on any atom is -0.348 e. The van der Waals surface area contributed by atoms with Crippen LogP contribution >= 0.6 is 23.4 Å². The number of rotatable bonds is 2. The second kappa shape index (κ2) is 5.58. The van der Waals surface area contributed by atoms with Gasteiger partial charge in [-0.25, -0.2) is 0 Å². The lowest BCUT2D eigenvalue weighted by molar-refractivity contribution is -0.127. The van der Waals surface area contributed by atoms with E-state index in [-0.39, 0.29) is 11.9 Å². The number of nitrogens with one attached hydrogen (secondary N) is 1. The molecule has 3 N–H and O–H groups in total. The van der Waals surface area contributed by atoms with Crippen molar-refractivity contribution < 1.29 is 4.79 Å². The molecular weight excluding hydrogens is 292 g/mol. The fourth-order valence-corrected chi connectivity index (χ4v) is 4.34. The number of hydrogen-bond donors (Lipinski definition) is 2. The van der Waals surface area contributed by atoms with Crippen LogP contribution in [-0.4, -0.2) is 17.2 Å². The maximum absolute atomic E-state index is 12.5. The molecule has 1 saturated carbocycles. The Morgan fingerprint density at radius 3 is 2.90 bits per heavy atom. The lowest BCUT2D eigenvalue weighted by Gasteiger charge is -2.30. The third-order valence-corrected chi connectivity index (χ3v) is 5.62. The number of carbonyl (C=O) groups is 1. The first-order valence-corrected chi connectivity index (χ1v) is 8.47. The molecule has 108 valence electrons. The van der Waals surface area contributed by atoms with Gasteiger partial charge in [-0.1, -0.05) is 24.4 Å². The zero-order valence-corrected chi connectivity index (χ0v) is 12.9. The van der Waals surface area contributed by atoms with Crippen molar-refractivity contribution in [1.29, 1.82) is 0 Å². The van der Waals surface area contributed by atoms with Crippen LogP contribution in [0.25, 0.3) is 0 Å². The minimum absolute atomic E-state index is 0.00201. The van der Waals surface area contributed by atoms with Crippen LogP contribution in [0.1, 0.15) is 43.7 Å². The lowest BCUT2D eigenvalue weighted by Crippen LogP contribution is -2.52. The van der Waals surface area contributed by atoms with Crippen molar-refractivity contribution >= 4 is 29.3 Å². The number of amides is 1. The summed E-state index contributed by atoms with van der Waals surface area (Å²) in [6.45, 7) is 0. The second-order valence-electron chi connectivity index (χ2n) is 5.71. The van der Waals surface area contributed by atoms with Crippen LogP contribution in [0.4, 0.5) is 0 Å². The van der Waals surface area contributed by atoms with Gasteiger partial charge in [-0.05, 0) is 43.0 Å². The monoisotopic (exact) mass is 310 g/mol. The number of thioether (sulfide) groups is 1. The van der Waals surface area contributed by atoms with Crippen LogP contribution in [-0.2, 0) is 4.79 Å².